The van der Waals surface area contributed by atoms with Gasteiger partial charge in [0.25, 0.3) is 0 Å². The van der Waals surface area contributed by atoms with E-state index in [0.717, 1.165) is 48.9 Å². The van der Waals surface area contributed by atoms with Gasteiger partial charge in [-0.1, -0.05) is 0 Å². The van der Waals surface area contributed by atoms with Gasteiger partial charge in [0.05, 0.1) is 24.3 Å². The van der Waals surface area contributed by atoms with E-state index < -0.39 is 12.1 Å². The minimum Gasteiger partial charge on any atom is -0.475 e. The third-order valence-corrected chi connectivity index (χ3v) is 4.06. The Hall–Kier alpha value is -3.15. The van der Waals surface area contributed by atoms with Crippen LogP contribution in [0.2, 0.25) is 0 Å². The number of hydrogen-bond donors (Lipinski definition) is 2. The van der Waals surface area contributed by atoms with Gasteiger partial charge in [-0.05, 0) is 0 Å². The maximum absolute atomic E-state index is 10.6. The van der Waals surface area contributed by atoms with Gasteiger partial charge in [-0.2, -0.15) is 18.3 Å². The fourth-order valence-electron chi connectivity index (χ4n) is 2.71. The molecule has 0 spiro atoms. The molecule has 3 aromatic rings. The van der Waals surface area contributed by atoms with E-state index in [1.807, 2.05) is 38.0 Å². The van der Waals surface area contributed by atoms with E-state index in [1.165, 1.54) is 0 Å². The highest BCUT2D eigenvalue weighted by Crippen LogP contribution is 2.21. The molecule has 2 N–H and O–H groups in total. The molecular weight excluding hydrogens is 379 g/mol. The van der Waals surface area contributed by atoms with Gasteiger partial charge in [-0.25, -0.2) is 9.78 Å². The fraction of sp³-hybridized carbons (Fsp3) is 0.375. The van der Waals surface area contributed by atoms with Crippen LogP contribution in [0.4, 0.5) is 19.0 Å². The molecule has 0 unspecified atom stereocenters. The monoisotopic (exact) mass is 397 g/mol. The molecule has 1 aliphatic rings. The largest absolute Gasteiger partial charge is 0.490 e. The first kappa shape index (κ1) is 19.6. The van der Waals surface area contributed by atoms with Crippen LogP contribution in [0.3, 0.4) is 0 Å². The Bertz CT molecular complexity index is 961. The minimum atomic E-state index is -5.08. The quantitative estimate of drug-likeness (QED) is 0.670. The van der Waals surface area contributed by atoms with Gasteiger partial charge in [-0.3, -0.25) is 14.1 Å². The van der Waals surface area contributed by atoms with Crippen molar-refractivity contribution in [2.24, 2.45) is 7.05 Å². The first-order valence-corrected chi connectivity index (χ1v) is 8.33. The van der Waals surface area contributed by atoms with Crippen molar-refractivity contribution in [1.29, 1.82) is 0 Å². The number of aromatic nitrogens is 5. The molecule has 1 aliphatic heterocycles. The van der Waals surface area contributed by atoms with Crippen LogP contribution in [0.1, 0.15) is 0 Å². The van der Waals surface area contributed by atoms with Gasteiger partial charge in [0.2, 0.25) is 0 Å². The second-order valence-electron chi connectivity index (χ2n) is 6.06. The lowest BCUT2D eigenvalue weighted by Crippen LogP contribution is -2.44. The lowest BCUT2D eigenvalue weighted by molar-refractivity contribution is -0.192. The molecular formula is C16H18F3N7O2. The molecule has 0 radical (unpaired) electrons. The number of carbonyl (C=O) groups is 1. The number of aryl methyl sites for hydroxylation is 1. The molecule has 0 amide bonds. The summed E-state index contributed by atoms with van der Waals surface area (Å²) in [6.07, 6.45) is 4.49. The number of carboxylic acid groups (broad SMARTS) is 1. The standard InChI is InChI=1S/C14H17N7.C2HF3O2/c1-19-9-11(6-18-19)12-10-21-13(7-16-12)17-8-14(21)20-4-2-15-3-5-20;3-2(4,5)1(6)7/h6-10,15H,2-5H2,1H3;(H,6,7). The summed E-state index contributed by atoms with van der Waals surface area (Å²) in [6, 6.07) is 0. The topological polar surface area (TPSA) is 101 Å². The van der Waals surface area contributed by atoms with Gasteiger partial charge < -0.3 is 15.3 Å². The van der Waals surface area contributed by atoms with Crippen molar-refractivity contribution < 1.29 is 23.1 Å². The van der Waals surface area contributed by atoms with Crippen LogP contribution in [0.25, 0.3) is 16.9 Å². The summed E-state index contributed by atoms with van der Waals surface area (Å²) in [6.45, 7) is 4.01. The molecule has 4 rings (SSSR count). The number of carboxylic acids is 1. The third kappa shape index (κ3) is 4.39. The highest BCUT2D eigenvalue weighted by atomic mass is 19.4. The molecule has 1 saturated heterocycles. The van der Waals surface area contributed by atoms with Crippen molar-refractivity contribution in [3.8, 4) is 11.3 Å². The number of aliphatic carboxylic acids is 1. The molecule has 3 aromatic heterocycles. The normalized spacial score (nSPS) is 14.6. The summed E-state index contributed by atoms with van der Waals surface area (Å²) in [7, 11) is 1.91. The number of alkyl halides is 3. The Balaban J connectivity index is 0.000000279. The number of nitrogens with one attached hydrogen (secondary N) is 1. The van der Waals surface area contributed by atoms with Crippen LogP contribution in [0, 0.1) is 0 Å². The Labute approximate surface area is 157 Å². The van der Waals surface area contributed by atoms with E-state index in [4.69, 9.17) is 9.90 Å². The van der Waals surface area contributed by atoms with Gasteiger partial charge in [0.1, 0.15) is 5.82 Å². The predicted molar refractivity (Wildman–Crippen MR) is 94.0 cm³/mol. The summed E-state index contributed by atoms with van der Waals surface area (Å²) in [5.41, 5.74) is 2.79. The zero-order valence-electron chi connectivity index (χ0n) is 14.9. The molecule has 150 valence electrons. The van der Waals surface area contributed by atoms with E-state index >= 15 is 0 Å². The molecule has 0 atom stereocenters. The average Bonchev–Trinajstić information content (AvgIpc) is 3.28. The molecule has 9 nitrogen and oxygen atoms in total. The maximum atomic E-state index is 10.6. The first-order chi connectivity index (χ1) is 13.3. The van der Waals surface area contributed by atoms with Crippen molar-refractivity contribution in [2.45, 2.75) is 6.18 Å². The second-order valence-corrected chi connectivity index (χ2v) is 6.06. The molecule has 1 fully saturated rings. The molecule has 0 aliphatic carbocycles. The maximum Gasteiger partial charge on any atom is 0.490 e. The van der Waals surface area contributed by atoms with Crippen molar-refractivity contribution in [1.82, 2.24) is 29.5 Å². The molecule has 4 heterocycles. The molecule has 12 heteroatoms. The zero-order valence-corrected chi connectivity index (χ0v) is 14.9. The number of halogens is 3. The first-order valence-electron chi connectivity index (χ1n) is 8.33. The zero-order chi connectivity index (χ0) is 20.3. The van der Waals surface area contributed by atoms with Crippen LogP contribution in [0.5, 0.6) is 0 Å². The van der Waals surface area contributed by atoms with E-state index in [1.54, 1.807) is 4.68 Å². The second kappa shape index (κ2) is 7.84. The average molecular weight is 397 g/mol. The summed E-state index contributed by atoms with van der Waals surface area (Å²) in [5.74, 6) is -1.63. The SMILES string of the molecule is Cn1cc(-c2cn3c(N4CCNCC4)cnc3cn2)cn1.O=C(O)C(F)(F)F. The summed E-state index contributed by atoms with van der Waals surface area (Å²) < 4.78 is 35.6. The Morgan fingerprint density at radius 3 is 2.39 bits per heavy atom. The fourth-order valence-corrected chi connectivity index (χ4v) is 2.71. The lowest BCUT2D eigenvalue weighted by Gasteiger charge is -2.28. The van der Waals surface area contributed by atoms with E-state index in [-0.39, 0.29) is 0 Å². The smallest absolute Gasteiger partial charge is 0.475 e. The number of fused-ring (bicyclic) bond motifs is 1. The van der Waals surface area contributed by atoms with E-state index in [0.29, 0.717) is 0 Å². The Kier molecular flexibility index (Phi) is 5.49. The lowest BCUT2D eigenvalue weighted by atomic mass is 10.3. The number of rotatable bonds is 2. The van der Waals surface area contributed by atoms with Crippen LogP contribution < -0.4 is 10.2 Å². The van der Waals surface area contributed by atoms with Crippen molar-refractivity contribution in [3.63, 3.8) is 0 Å². The Morgan fingerprint density at radius 1 is 1.14 bits per heavy atom. The number of anilines is 1. The highest BCUT2D eigenvalue weighted by Gasteiger charge is 2.38. The Morgan fingerprint density at radius 2 is 1.82 bits per heavy atom. The highest BCUT2D eigenvalue weighted by molar-refractivity contribution is 5.73. The molecule has 0 saturated carbocycles. The molecule has 0 aromatic carbocycles. The molecule has 0 bridgehead atoms. The van der Waals surface area contributed by atoms with Crippen molar-refractivity contribution in [3.05, 3.63) is 31.0 Å². The third-order valence-electron chi connectivity index (χ3n) is 4.06. The van der Waals surface area contributed by atoms with E-state index in [9.17, 15) is 13.2 Å². The summed E-state index contributed by atoms with van der Waals surface area (Å²) in [4.78, 5) is 20.2. The van der Waals surface area contributed by atoms with Gasteiger partial charge >= 0.3 is 12.1 Å². The minimum absolute atomic E-state index is 0.871. The number of piperazine rings is 1. The number of imidazole rings is 1. The predicted octanol–water partition coefficient (Wildman–Crippen LogP) is 1.17. The van der Waals surface area contributed by atoms with E-state index in [2.05, 4.69) is 29.7 Å². The van der Waals surface area contributed by atoms with Crippen LogP contribution in [0.15, 0.2) is 31.0 Å². The summed E-state index contributed by atoms with van der Waals surface area (Å²) >= 11 is 0. The van der Waals surface area contributed by atoms with Gasteiger partial charge in [0, 0.05) is 51.2 Å². The van der Waals surface area contributed by atoms with Gasteiger partial charge in [-0.15, -0.1) is 0 Å². The van der Waals surface area contributed by atoms with Crippen molar-refractivity contribution in [2.75, 3.05) is 31.1 Å². The van der Waals surface area contributed by atoms with Crippen LogP contribution in [-0.2, 0) is 11.8 Å². The number of nitrogens with zero attached hydrogens (tertiary/aromatic N) is 6. The number of hydrogen-bond acceptors (Lipinski definition) is 6. The van der Waals surface area contributed by atoms with Crippen LogP contribution in [-0.4, -0.2) is 67.6 Å². The summed E-state index contributed by atoms with van der Waals surface area (Å²) in [5, 5.41) is 14.7. The molecule has 28 heavy (non-hydrogen) atoms. The van der Waals surface area contributed by atoms with Crippen molar-refractivity contribution >= 4 is 17.4 Å². The van der Waals surface area contributed by atoms with Crippen LogP contribution >= 0.6 is 0 Å². The van der Waals surface area contributed by atoms with Gasteiger partial charge in [0.15, 0.2) is 5.65 Å².